The van der Waals surface area contributed by atoms with E-state index in [1.807, 2.05) is 0 Å². The number of Topliss-reactive ketones (excluding diaryl/α,β-unsaturated/α-hetero) is 1. The molecule has 0 aliphatic carbocycles. The summed E-state index contributed by atoms with van der Waals surface area (Å²) in [4.78, 5) is 109. The Morgan fingerprint density at radius 1 is 1.02 bits per heavy atom. The fourth-order valence-electron chi connectivity index (χ4n) is 4.97. The molecular formula is C30H41F2N7O9. The number of hydrogen-bond acceptors (Lipinski definition) is 11. The molecule has 1 aliphatic heterocycles. The first kappa shape index (κ1) is 39.3. The largest absolute Gasteiger partial charge is 0.463 e. The summed E-state index contributed by atoms with van der Waals surface area (Å²) < 4.78 is 34.4. The molecule has 0 bridgehead atoms. The number of halogens is 2. The van der Waals surface area contributed by atoms with E-state index < -0.39 is 89.9 Å². The fraction of sp³-hybridized carbons (Fsp3) is 0.600. The van der Waals surface area contributed by atoms with Gasteiger partial charge in [0.15, 0.2) is 0 Å². The lowest BCUT2D eigenvalue weighted by molar-refractivity contribution is -0.160. The molecule has 1 fully saturated rings. The van der Waals surface area contributed by atoms with E-state index in [0.29, 0.717) is 0 Å². The number of aldehydes is 1. The standard InChI is InChI=1S/C30H41F2N7O9/c1-6-7-19(24(42)30(31,32)29(47)35-10-11-40)36-26(44)21-12-18(48-15-41)14-39(21)28(46)23(17(4)5)38-27(45)22(16(2)3)37-25(43)20-13-33-8-9-34-20/h8-9,11,13,15-19,21-23H,6-7,10,12,14H2,1-5H3,(H,35,47)(H,36,44)(H,37,43)(H,38,45)/t18-,19+,21+,22+,23+/m1/s1. The summed E-state index contributed by atoms with van der Waals surface area (Å²) in [6, 6.07) is -5.67. The molecule has 1 saturated heterocycles. The minimum Gasteiger partial charge on any atom is -0.463 e. The number of aromatic nitrogens is 2. The maximum atomic E-state index is 14.7. The van der Waals surface area contributed by atoms with Gasteiger partial charge < -0.3 is 35.7 Å². The van der Waals surface area contributed by atoms with Gasteiger partial charge in [0.2, 0.25) is 23.5 Å². The van der Waals surface area contributed by atoms with E-state index in [0.717, 1.165) is 4.90 Å². The highest BCUT2D eigenvalue weighted by atomic mass is 19.3. The van der Waals surface area contributed by atoms with Gasteiger partial charge in [-0.2, -0.15) is 8.78 Å². The maximum Gasteiger partial charge on any atom is 0.383 e. The molecule has 1 aromatic rings. The van der Waals surface area contributed by atoms with Crippen LogP contribution in [0.4, 0.5) is 8.78 Å². The van der Waals surface area contributed by atoms with Crippen LogP contribution >= 0.6 is 0 Å². The number of alkyl halides is 2. The molecule has 0 aromatic carbocycles. The quantitative estimate of drug-likeness (QED) is 0.112. The van der Waals surface area contributed by atoms with Crippen molar-refractivity contribution in [3.05, 3.63) is 24.3 Å². The molecule has 0 radical (unpaired) electrons. The highest BCUT2D eigenvalue weighted by Crippen LogP contribution is 2.25. The van der Waals surface area contributed by atoms with E-state index >= 15 is 0 Å². The van der Waals surface area contributed by atoms with Crippen molar-refractivity contribution >= 4 is 48.1 Å². The zero-order valence-electron chi connectivity index (χ0n) is 27.2. The van der Waals surface area contributed by atoms with Gasteiger partial charge in [-0.25, -0.2) is 4.98 Å². The second-order valence-corrected chi connectivity index (χ2v) is 11.8. The van der Waals surface area contributed by atoms with Crippen molar-refractivity contribution in [2.24, 2.45) is 11.8 Å². The van der Waals surface area contributed by atoms with Crippen LogP contribution in [0.3, 0.4) is 0 Å². The summed E-state index contributed by atoms with van der Waals surface area (Å²) in [6.45, 7) is 7.16. The number of ether oxygens (including phenoxy) is 1. The first-order valence-corrected chi connectivity index (χ1v) is 15.3. The Labute approximate surface area is 275 Å². The lowest BCUT2D eigenvalue weighted by Gasteiger charge is -2.32. The zero-order valence-corrected chi connectivity index (χ0v) is 27.2. The van der Waals surface area contributed by atoms with Crippen LogP contribution in [0.25, 0.3) is 0 Å². The Kier molecular flexibility index (Phi) is 14.6. The smallest absolute Gasteiger partial charge is 0.383 e. The summed E-state index contributed by atoms with van der Waals surface area (Å²) in [5.41, 5.74) is -0.0428. The van der Waals surface area contributed by atoms with Crippen LogP contribution in [-0.2, 0) is 38.3 Å². The number of nitrogens with zero attached hydrogens (tertiary/aromatic N) is 3. The first-order chi connectivity index (χ1) is 22.6. The number of ketones is 1. The van der Waals surface area contributed by atoms with E-state index in [9.17, 15) is 47.1 Å². The van der Waals surface area contributed by atoms with Gasteiger partial charge in [0, 0.05) is 18.8 Å². The van der Waals surface area contributed by atoms with Crippen molar-refractivity contribution in [1.82, 2.24) is 36.1 Å². The predicted molar refractivity (Wildman–Crippen MR) is 162 cm³/mol. The molecule has 0 saturated carbocycles. The van der Waals surface area contributed by atoms with Crippen LogP contribution in [0, 0.1) is 11.8 Å². The number of carbonyl (C=O) groups excluding carboxylic acids is 8. The molecule has 5 amide bonds. The van der Waals surface area contributed by atoms with E-state index in [1.54, 1.807) is 39.9 Å². The van der Waals surface area contributed by atoms with E-state index in [1.165, 1.54) is 18.6 Å². The van der Waals surface area contributed by atoms with Gasteiger partial charge in [-0.1, -0.05) is 41.0 Å². The normalized spacial score (nSPS) is 17.9. The Morgan fingerprint density at radius 2 is 1.69 bits per heavy atom. The van der Waals surface area contributed by atoms with Crippen molar-refractivity contribution in [1.29, 1.82) is 0 Å². The lowest BCUT2D eigenvalue weighted by Crippen LogP contribution is -2.60. The SMILES string of the molecule is CCC[C@H](NC(=O)[C@@H]1C[C@@H](OC=O)CN1C(=O)[C@@H](NC(=O)[C@@H](NC(=O)c1cnccn1)C(C)C)C(C)C)C(=O)C(F)(F)C(=O)NCC=O. The zero-order chi connectivity index (χ0) is 36.2. The van der Waals surface area contributed by atoms with Gasteiger partial charge in [0.1, 0.15) is 36.2 Å². The summed E-state index contributed by atoms with van der Waals surface area (Å²) in [7, 11) is 0. The number of rotatable bonds is 18. The molecule has 48 heavy (non-hydrogen) atoms. The number of hydrogen-bond donors (Lipinski definition) is 4. The Hall–Kier alpha value is -4.90. The van der Waals surface area contributed by atoms with Crippen LogP contribution in [0.1, 0.15) is 64.4 Å². The van der Waals surface area contributed by atoms with Crippen LogP contribution in [0.2, 0.25) is 0 Å². The number of amides is 5. The molecule has 264 valence electrons. The van der Waals surface area contributed by atoms with E-state index in [-0.39, 0.29) is 44.3 Å². The van der Waals surface area contributed by atoms with Crippen molar-refractivity contribution in [2.45, 2.75) is 90.1 Å². The summed E-state index contributed by atoms with van der Waals surface area (Å²) in [6.07, 6.45) is 2.62. The molecule has 16 nitrogen and oxygen atoms in total. The van der Waals surface area contributed by atoms with Crippen LogP contribution in [0.15, 0.2) is 18.6 Å². The van der Waals surface area contributed by atoms with Crippen LogP contribution in [0.5, 0.6) is 0 Å². The minimum atomic E-state index is -4.59. The molecule has 1 aliphatic rings. The molecule has 5 atom stereocenters. The van der Waals surface area contributed by atoms with E-state index in [4.69, 9.17) is 4.74 Å². The van der Waals surface area contributed by atoms with Crippen molar-refractivity contribution < 1.29 is 51.9 Å². The van der Waals surface area contributed by atoms with Crippen molar-refractivity contribution in [3.63, 3.8) is 0 Å². The summed E-state index contributed by atoms with van der Waals surface area (Å²) >= 11 is 0. The third kappa shape index (κ3) is 10.0. The average molecular weight is 682 g/mol. The topological polar surface area (TPSA) is 223 Å². The Morgan fingerprint density at radius 3 is 2.23 bits per heavy atom. The monoisotopic (exact) mass is 681 g/mol. The van der Waals surface area contributed by atoms with Gasteiger partial charge in [0.05, 0.1) is 25.3 Å². The Bertz CT molecular complexity index is 1350. The highest BCUT2D eigenvalue weighted by Gasteiger charge is 2.51. The van der Waals surface area contributed by atoms with Gasteiger partial charge in [-0.15, -0.1) is 0 Å². The maximum absolute atomic E-state index is 14.7. The lowest BCUT2D eigenvalue weighted by atomic mass is 9.98. The highest BCUT2D eigenvalue weighted by molar-refractivity contribution is 6.11. The number of likely N-dealkylation sites (tertiary alicyclic amines) is 1. The van der Waals surface area contributed by atoms with Gasteiger partial charge >= 0.3 is 5.92 Å². The molecule has 0 spiro atoms. The summed E-state index contributed by atoms with van der Waals surface area (Å²) in [5, 5.41) is 9.01. The Balaban J connectivity index is 2.32. The number of nitrogens with one attached hydrogen (secondary N) is 4. The second-order valence-electron chi connectivity index (χ2n) is 11.8. The first-order valence-electron chi connectivity index (χ1n) is 15.3. The van der Waals surface area contributed by atoms with Gasteiger partial charge in [-0.05, 0) is 18.3 Å². The van der Waals surface area contributed by atoms with Crippen molar-refractivity contribution in [3.8, 4) is 0 Å². The summed E-state index contributed by atoms with van der Waals surface area (Å²) in [5.74, 6) is -12.8. The molecule has 2 rings (SSSR count). The molecule has 18 heteroatoms. The number of carbonyl (C=O) groups is 8. The molecule has 2 heterocycles. The molecule has 0 unspecified atom stereocenters. The molecule has 4 N–H and O–H groups in total. The van der Waals surface area contributed by atoms with Crippen LogP contribution < -0.4 is 21.3 Å². The third-order valence-electron chi connectivity index (χ3n) is 7.51. The van der Waals surface area contributed by atoms with Gasteiger partial charge in [-0.3, -0.25) is 38.5 Å². The molecular weight excluding hydrogens is 640 g/mol. The van der Waals surface area contributed by atoms with Crippen LogP contribution in [-0.4, -0.2) is 112 Å². The average Bonchev–Trinajstić information content (AvgIpc) is 3.48. The second kappa shape index (κ2) is 17.9. The van der Waals surface area contributed by atoms with E-state index in [2.05, 4.69) is 25.9 Å². The third-order valence-corrected chi connectivity index (χ3v) is 7.51. The van der Waals surface area contributed by atoms with Crippen molar-refractivity contribution in [2.75, 3.05) is 13.1 Å². The van der Waals surface area contributed by atoms with Gasteiger partial charge in [0.25, 0.3) is 18.3 Å². The predicted octanol–water partition coefficient (Wildman–Crippen LogP) is -0.681. The molecule has 1 aromatic heterocycles. The fourth-order valence-corrected chi connectivity index (χ4v) is 4.97. The minimum absolute atomic E-state index is 0.0428.